The lowest BCUT2D eigenvalue weighted by Gasteiger charge is -2.16. The third-order valence-electron chi connectivity index (χ3n) is 3.80. The molecule has 0 fully saturated rings. The fraction of sp³-hybridized carbons (Fsp3) is 0.500. The Bertz CT molecular complexity index is 647. The quantitative estimate of drug-likeness (QED) is 0.595. The largest absolute Gasteiger partial charge is 0.805 e. The van der Waals surface area contributed by atoms with Crippen molar-refractivity contribution in [3.63, 3.8) is 0 Å². The van der Waals surface area contributed by atoms with E-state index < -0.39 is 0 Å². The molecule has 0 aliphatic carbocycles. The first-order valence-corrected chi connectivity index (χ1v) is 7.40. The van der Waals surface area contributed by atoms with Crippen LogP contribution in [0, 0.1) is 17.0 Å². The predicted molar refractivity (Wildman–Crippen MR) is 81.3 cm³/mol. The van der Waals surface area contributed by atoms with Crippen LogP contribution in [-0.4, -0.2) is 4.73 Å². The summed E-state index contributed by atoms with van der Waals surface area (Å²) in [5, 5.41) is 12.2. The number of hydrogen-bond acceptors (Lipinski definition) is 2. The molecule has 1 heterocycles. The van der Waals surface area contributed by atoms with Crippen molar-refractivity contribution in [2.45, 2.75) is 52.4 Å². The van der Waals surface area contributed by atoms with E-state index in [2.05, 4.69) is 6.92 Å². The van der Waals surface area contributed by atoms with E-state index in [9.17, 15) is 10.1 Å². The van der Waals surface area contributed by atoms with Gasteiger partial charge in [-0.25, -0.2) is 0 Å². The van der Waals surface area contributed by atoms with Crippen LogP contribution < -0.4 is 4.43 Å². The van der Waals surface area contributed by atoms with Crippen LogP contribution in [0.1, 0.15) is 50.4 Å². The predicted octanol–water partition coefficient (Wildman–Crippen LogP) is 3.72. The zero-order valence-electron chi connectivity index (χ0n) is 12.3. The molecule has 0 bridgehead atoms. The lowest BCUT2D eigenvalue weighted by molar-refractivity contribution is -0.476. The van der Waals surface area contributed by atoms with Gasteiger partial charge >= 0.3 is 0 Å². The van der Waals surface area contributed by atoms with Crippen molar-refractivity contribution in [3.8, 4) is 0 Å². The molecule has 1 aromatic carbocycles. The van der Waals surface area contributed by atoms with Crippen LogP contribution in [0.25, 0.3) is 11.0 Å². The first-order chi connectivity index (χ1) is 9.66. The lowest BCUT2D eigenvalue weighted by Crippen LogP contribution is -2.26. The van der Waals surface area contributed by atoms with Gasteiger partial charge in [0.15, 0.2) is 0 Å². The second-order valence-corrected chi connectivity index (χ2v) is 5.27. The van der Waals surface area contributed by atoms with Crippen LogP contribution in [0.2, 0.25) is 0 Å². The van der Waals surface area contributed by atoms with Gasteiger partial charge in [0.05, 0.1) is 10.1 Å². The topological polar surface area (TPSA) is 51.0 Å². The Hall–Kier alpha value is -1.84. The van der Waals surface area contributed by atoms with E-state index in [0.717, 1.165) is 22.0 Å². The van der Waals surface area contributed by atoms with E-state index in [4.69, 9.17) is 0 Å². The Kier molecular flexibility index (Phi) is 4.77. The minimum atomic E-state index is 0.440. The standard InChI is InChI=1S/C16H22N2O2/c1-3-4-5-6-7-10-14-13(2)17(19)15-11-8-9-12-16(15)18(14)20/h8-9,11-12H,3-7,10H2,1-2H3. The maximum atomic E-state index is 12.4. The molecular weight excluding hydrogens is 252 g/mol. The lowest BCUT2D eigenvalue weighted by atomic mass is 10.1. The molecule has 0 spiro atoms. The molecule has 0 N–H and O–H groups in total. The number of rotatable bonds is 6. The Morgan fingerprint density at radius 3 is 2.60 bits per heavy atom. The molecule has 0 radical (unpaired) electrons. The van der Waals surface area contributed by atoms with Gasteiger partial charge in [0, 0.05) is 17.4 Å². The van der Waals surface area contributed by atoms with Gasteiger partial charge in [-0.05, 0) is 19.4 Å². The SMILES string of the molecule is CCCCCCCc1c(C)n([O-])c2ccccc2[n+]1=O. The second-order valence-electron chi connectivity index (χ2n) is 5.27. The van der Waals surface area contributed by atoms with Gasteiger partial charge in [0.25, 0.3) is 11.2 Å². The number of fused-ring (bicyclic) bond motifs is 1. The van der Waals surface area contributed by atoms with Crippen molar-refractivity contribution >= 4 is 11.0 Å². The highest BCUT2D eigenvalue weighted by atomic mass is 16.5. The smallest absolute Gasteiger partial charge is 0.286 e. The van der Waals surface area contributed by atoms with E-state index in [1.165, 1.54) is 19.3 Å². The summed E-state index contributed by atoms with van der Waals surface area (Å²) in [6, 6.07) is 6.96. The Morgan fingerprint density at radius 2 is 1.85 bits per heavy atom. The highest BCUT2D eigenvalue weighted by Gasteiger charge is 2.18. The van der Waals surface area contributed by atoms with E-state index in [-0.39, 0.29) is 0 Å². The molecule has 2 aromatic rings. The maximum Gasteiger partial charge on any atom is 0.286 e. The van der Waals surface area contributed by atoms with Crippen LogP contribution in [0.4, 0.5) is 0 Å². The summed E-state index contributed by atoms with van der Waals surface area (Å²) >= 11 is 0. The van der Waals surface area contributed by atoms with E-state index >= 15 is 0 Å². The molecule has 1 aromatic heterocycles. The molecule has 108 valence electrons. The molecule has 0 aliphatic rings. The van der Waals surface area contributed by atoms with Gasteiger partial charge in [0.1, 0.15) is 5.52 Å². The molecule has 4 heteroatoms. The molecule has 2 rings (SSSR count). The molecule has 20 heavy (non-hydrogen) atoms. The van der Waals surface area contributed by atoms with Crippen molar-refractivity contribution in [1.82, 2.24) is 4.73 Å². The van der Waals surface area contributed by atoms with E-state index in [1.54, 1.807) is 31.2 Å². The molecule has 0 saturated carbocycles. The number of unbranched alkanes of at least 4 members (excludes halogenated alkanes) is 4. The van der Waals surface area contributed by atoms with Crippen LogP contribution in [0.5, 0.6) is 0 Å². The monoisotopic (exact) mass is 274 g/mol. The van der Waals surface area contributed by atoms with Crippen molar-refractivity contribution in [3.05, 3.63) is 45.8 Å². The maximum absolute atomic E-state index is 12.4. The summed E-state index contributed by atoms with van der Waals surface area (Å²) in [4.78, 5) is 12.4. The van der Waals surface area contributed by atoms with E-state index in [0.29, 0.717) is 28.8 Å². The zero-order valence-corrected chi connectivity index (χ0v) is 12.3. The van der Waals surface area contributed by atoms with Crippen molar-refractivity contribution in [1.29, 1.82) is 0 Å². The number of aromatic nitrogens is 2. The summed E-state index contributed by atoms with van der Waals surface area (Å²) in [6.07, 6.45) is 6.37. The van der Waals surface area contributed by atoms with Crippen molar-refractivity contribution in [2.75, 3.05) is 0 Å². The number of hydrogen-bond donors (Lipinski definition) is 0. The first-order valence-electron chi connectivity index (χ1n) is 7.40. The first kappa shape index (κ1) is 14.6. The minimum Gasteiger partial charge on any atom is -0.805 e. The van der Waals surface area contributed by atoms with Crippen LogP contribution >= 0.6 is 0 Å². The van der Waals surface area contributed by atoms with Gasteiger partial charge in [-0.15, -0.1) is 0 Å². The zero-order chi connectivity index (χ0) is 14.5. The summed E-state index contributed by atoms with van der Waals surface area (Å²) in [6.45, 7) is 3.91. The molecular formula is C16H22N2O2. The number of nitrogens with zero attached hydrogens (tertiary/aromatic N) is 2. The van der Waals surface area contributed by atoms with Crippen LogP contribution in [-0.2, 0) is 6.42 Å². The molecule has 0 aliphatic heterocycles. The normalized spacial score (nSPS) is 11.1. The minimum absolute atomic E-state index is 0.440. The summed E-state index contributed by atoms with van der Waals surface area (Å²) in [7, 11) is 0. The highest BCUT2D eigenvalue weighted by Crippen LogP contribution is 2.15. The Balaban J connectivity index is 2.27. The van der Waals surface area contributed by atoms with Crippen molar-refractivity contribution in [2.24, 2.45) is 0 Å². The van der Waals surface area contributed by atoms with E-state index in [1.807, 2.05) is 0 Å². The van der Waals surface area contributed by atoms with Crippen LogP contribution in [0.3, 0.4) is 0 Å². The summed E-state index contributed by atoms with van der Waals surface area (Å²) < 4.78 is 1.81. The summed E-state index contributed by atoms with van der Waals surface area (Å²) in [5.41, 5.74) is 2.02. The van der Waals surface area contributed by atoms with Gasteiger partial charge in [-0.1, -0.05) is 44.7 Å². The second kappa shape index (κ2) is 6.55. The third-order valence-corrected chi connectivity index (χ3v) is 3.80. The third kappa shape index (κ3) is 2.84. The highest BCUT2D eigenvalue weighted by molar-refractivity contribution is 5.72. The molecule has 4 nitrogen and oxygen atoms in total. The van der Waals surface area contributed by atoms with Gasteiger partial charge in [0.2, 0.25) is 0 Å². The average Bonchev–Trinajstić information content (AvgIpc) is 2.48. The van der Waals surface area contributed by atoms with Gasteiger partial charge in [-0.2, -0.15) is 0 Å². The molecule has 0 amide bonds. The van der Waals surface area contributed by atoms with Crippen LogP contribution in [0.15, 0.2) is 24.3 Å². The van der Waals surface area contributed by atoms with Gasteiger partial charge < -0.3 is 9.94 Å². The fourth-order valence-corrected chi connectivity index (χ4v) is 2.58. The fourth-order valence-electron chi connectivity index (χ4n) is 2.58. The number of para-hydroxylation sites is 2. The Labute approximate surface area is 119 Å². The molecule has 0 saturated heterocycles. The van der Waals surface area contributed by atoms with Crippen molar-refractivity contribution < 1.29 is 4.43 Å². The summed E-state index contributed by atoms with van der Waals surface area (Å²) in [5.74, 6) is 0. The average molecular weight is 274 g/mol. The molecule has 0 unspecified atom stereocenters. The number of benzene rings is 1. The van der Waals surface area contributed by atoms with Gasteiger partial charge in [-0.3, -0.25) is 0 Å². The molecule has 0 atom stereocenters. The Morgan fingerprint density at radius 1 is 1.15 bits per heavy atom.